The third-order valence-corrected chi connectivity index (χ3v) is 5.05. The van der Waals surface area contributed by atoms with Crippen LogP contribution in [-0.2, 0) is 4.79 Å². The molecule has 3 rings (SSSR count). The van der Waals surface area contributed by atoms with Gasteiger partial charge in [0.25, 0.3) is 0 Å². The molecule has 0 aliphatic carbocycles. The van der Waals surface area contributed by atoms with Crippen LogP contribution in [0.2, 0.25) is 0 Å². The number of rotatable bonds is 7. The standard InChI is InChI=1S/C21H24N4O2S/c1-5-27-18-11-9-17(10-12-18)25-20(16-8-6-7-15(2)13-16)22-23-21(25)28-14-19(26)24(3)4/h6-13H,5,14H2,1-4H3. The normalized spacial score (nSPS) is 10.7. The molecule has 0 saturated carbocycles. The van der Waals surface area contributed by atoms with Crippen molar-refractivity contribution in [2.24, 2.45) is 0 Å². The molecule has 7 heteroatoms. The molecule has 0 radical (unpaired) electrons. The van der Waals surface area contributed by atoms with Gasteiger partial charge in [0, 0.05) is 25.3 Å². The molecular weight excluding hydrogens is 372 g/mol. The summed E-state index contributed by atoms with van der Waals surface area (Å²) in [4.78, 5) is 13.6. The molecule has 0 aliphatic heterocycles. The number of thioether (sulfide) groups is 1. The molecule has 1 aromatic heterocycles. The number of nitrogens with zero attached hydrogens (tertiary/aromatic N) is 4. The zero-order chi connectivity index (χ0) is 20.1. The molecule has 1 heterocycles. The molecule has 0 fully saturated rings. The zero-order valence-corrected chi connectivity index (χ0v) is 17.4. The Morgan fingerprint density at radius 1 is 1.14 bits per heavy atom. The van der Waals surface area contributed by atoms with Gasteiger partial charge in [-0.2, -0.15) is 0 Å². The topological polar surface area (TPSA) is 60.2 Å². The molecule has 6 nitrogen and oxygen atoms in total. The first kappa shape index (κ1) is 19.9. The second-order valence-corrected chi connectivity index (χ2v) is 7.46. The van der Waals surface area contributed by atoms with Gasteiger partial charge in [-0.3, -0.25) is 9.36 Å². The van der Waals surface area contributed by atoms with Crippen LogP contribution in [0.1, 0.15) is 12.5 Å². The number of ether oxygens (including phenoxy) is 1. The quantitative estimate of drug-likeness (QED) is 0.568. The first-order valence-corrected chi connectivity index (χ1v) is 10.1. The molecule has 1 amide bonds. The number of hydrogen-bond acceptors (Lipinski definition) is 5. The third kappa shape index (κ3) is 4.54. The average Bonchev–Trinajstić information content (AvgIpc) is 3.11. The van der Waals surface area contributed by atoms with Gasteiger partial charge in [-0.05, 0) is 44.2 Å². The fourth-order valence-electron chi connectivity index (χ4n) is 2.68. The van der Waals surface area contributed by atoms with E-state index in [1.54, 1.807) is 19.0 Å². The van der Waals surface area contributed by atoms with Gasteiger partial charge in [0.05, 0.1) is 12.4 Å². The summed E-state index contributed by atoms with van der Waals surface area (Å²) in [6.45, 7) is 4.63. The molecule has 0 N–H and O–H groups in total. The number of hydrogen-bond donors (Lipinski definition) is 0. The molecular formula is C21H24N4O2S. The minimum atomic E-state index is 0.0309. The summed E-state index contributed by atoms with van der Waals surface area (Å²) in [5.41, 5.74) is 3.05. The molecule has 0 aliphatic rings. The Balaban J connectivity index is 2.02. The molecule has 0 bridgehead atoms. The second-order valence-electron chi connectivity index (χ2n) is 6.51. The minimum absolute atomic E-state index is 0.0309. The molecule has 0 unspecified atom stereocenters. The first-order valence-electron chi connectivity index (χ1n) is 9.08. The van der Waals surface area contributed by atoms with E-state index >= 15 is 0 Å². The maximum atomic E-state index is 12.0. The average molecular weight is 397 g/mol. The lowest BCUT2D eigenvalue weighted by molar-refractivity contribution is -0.125. The monoisotopic (exact) mass is 396 g/mol. The number of carbonyl (C=O) groups is 1. The molecule has 3 aromatic rings. The molecule has 28 heavy (non-hydrogen) atoms. The molecule has 0 spiro atoms. The van der Waals surface area contributed by atoms with Gasteiger partial charge in [0.15, 0.2) is 11.0 Å². The predicted molar refractivity (Wildman–Crippen MR) is 112 cm³/mol. The van der Waals surface area contributed by atoms with Crippen LogP contribution >= 0.6 is 11.8 Å². The predicted octanol–water partition coefficient (Wildman–Crippen LogP) is 3.82. The summed E-state index contributed by atoms with van der Waals surface area (Å²) in [6.07, 6.45) is 0. The Kier molecular flexibility index (Phi) is 6.36. The van der Waals surface area contributed by atoms with Gasteiger partial charge >= 0.3 is 0 Å². The van der Waals surface area contributed by atoms with E-state index in [9.17, 15) is 4.79 Å². The summed E-state index contributed by atoms with van der Waals surface area (Å²) in [6, 6.07) is 16.0. The van der Waals surface area contributed by atoms with Crippen molar-refractivity contribution in [3.05, 3.63) is 54.1 Å². The third-order valence-electron chi connectivity index (χ3n) is 4.14. The maximum Gasteiger partial charge on any atom is 0.232 e. The fraction of sp³-hybridized carbons (Fsp3) is 0.286. The van der Waals surface area contributed by atoms with Crippen LogP contribution in [0.3, 0.4) is 0 Å². The largest absolute Gasteiger partial charge is 0.494 e. The molecule has 146 valence electrons. The van der Waals surface area contributed by atoms with Crippen molar-refractivity contribution >= 4 is 17.7 Å². The van der Waals surface area contributed by atoms with E-state index in [0.717, 1.165) is 28.4 Å². The van der Waals surface area contributed by atoms with Gasteiger partial charge in [-0.1, -0.05) is 35.5 Å². The Labute approximate surface area is 169 Å². The van der Waals surface area contributed by atoms with Crippen LogP contribution < -0.4 is 4.74 Å². The van der Waals surface area contributed by atoms with Crippen molar-refractivity contribution < 1.29 is 9.53 Å². The lowest BCUT2D eigenvalue weighted by atomic mass is 10.1. The Morgan fingerprint density at radius 2 is 1.89 bits per heavy atom. The molecule has 0 atom stereocenters. The lowest BCUT2D eigenvalue weighted by Gasteiger charge is -2.13. The summed E-state index contributed by atoms with van der Waals surface area (Å²) in [5, 5.41) is 9.46. The van der Waals surface area contributed by atoms with Crippen molar-refractivity contribution in [2.45, 2.75) is 19.0 Å². The van der Waals surface area contributed by atoms with Crippen molar-refractivity contribution in [1.82, 2.24) is 19.7 Å². The second kappa shape index (κ2) is 8.93. The fourth-order valence-corrected chi connectivity index (χ4v) is 3.61. The minimum Gasteiger partial charge on any atom is -0.494 e. The SMILES string of the molecule is CCOc1ccc(-n2c(SCC(=O)N(C)C)nnc2-c2cccc(C)c2)cc1. The highest BCUT2D eigenvalue weighted by Crippen LogP contribution is 2.29. The van der Waals surface area contributed by atoms with E-state index < -0.39 is 0 Å². The summed E-state index contributed by atoms with van der Waals surface area (Å²) in [7, 11) is 3.50. The van der Waals surface area contributed by atoms with Crippen LogP contribution in [-0.4, -0.2) is 52.0 Å². The van der Waals surface area contributed by atoms with Crippen LogP contribution in [0.25, 0.3) is 17.1 Å². The summed E-state index contributed by atoms with van der Waals surface area (Å²) < 4.78 is 7.53. The van der Waals surface area contributed by atoms with E-state index in [4.69, 9.17) is 4.74 Å². The van der Waals surface area contributed by atoms with E-state index in [2.05, 4.69) is 16.3 Å². The Hall–Kier alpha value is -2.80. The number of carbonyl (C=O) groups excluding carboxylic acids is 1. The van der Waals surface area contributed by atoms with Gasteiger partial charge in [-0.25, -0.2) is 0 Å². The number of benzene rings is 2. The highest BCUT2D eigenvalue weighted by atomic mass is 32.2. The smallest absolute Gasteiger partial charge is 0.232 e. The van der Waals surface area contributed by atoms with E-state index in [-0.39, 0.29) is 5.91 Å². The number of aromatic nitrogens is 3. The van der Waals surface area contributed by atoms with E-state index in [1.807, 2.05) is 60.9 Å². The number of aryl methyl sites for hydroxylation is 1. The van der Waals surface area contributed by atoms with Crippen molar-refractivity contribution in [3.8, 4) is 22.8 Å². The van der Waals surface area contributed by atoms with Crippen LogP contribution in [0.5, 0.6) is 5.75 Å². The van der Waals surface area contributed by atoms with Gasteiger partial charge < -0.3 is 9.64 Å². The lowest BCUT2D eigenvalue weighted by Crippen LogP contribution is -2.23. The van der Waals surface area contributed by atoms with Crippen LogP contribution in [0.4, 0.5) is 0 Å². The summed E-state index contributed by atoms with van der Waals surface area (Å²) in [5.74, 6) is 1.89. The molecule has 2 aromatic carbocycles. The highest BCUT2D eigenvalue weighted by Gasteiger charge is 2.18. The van der Waals surface area contributed by atoms with Crippen molar-refractivity contribution in [1.29, 1.82) is 0 Å². The van der Waals surface area contributed by atoms with Gasteiger partial charge in [-0.15, -0.1) is 10.2 Å². The van der Waals surface area contributed by atoms with Gasteiger partial charge in [0.1, 0.15) is 5.75 Å². The van der Waals surface area contributed by atoms with Crippen LogP contribution in [0.15, 0.2) is 53.7 Å². The van der Waals surface area contributed by atoms with Crippen LogP contribution in [0, 0.1) is 6.92 Å². The van der Waals surface area contributed by atoms with E-state index in [0.29, 0.717) is 17.5 Å². The summed E-state index contributed by atoms with van der Waals surface area (Å²) >= 11 is 1.38. The van der Waals surface area contributed by atoms with Crippen molar-refractivity contribution in [2.75, 3.05) is 26.5 Å². The zero-order valence-electron chi connectivity index (χ0n) is 16.5. The Bertz CT molecular complexity index is 951. The maximum absolute atomic E-state index is 12.0. The molecule has 0 saturated heterocycles. The van der Waals surface area contributed by atoms with Gasteiger partial charge in [0.2, 0.25) is 5.91 Å². The highest BCUT2D eigenvalue weighted by molar-refractivity contribution is 7.99. The van der Waals surface area contributed by atoms with E-state index in [1.165, 1.54) is 11.8 Å². The number of amides is 1. The Morgan fingerprint density at radius 3 is 2.54 bits per heavy atom. The van der Waals surface area contributed by atoms with Crippen molar-refractivity contribution in [3.63, 3.8) is 0 Å². The first-order chi connectivity index (χ1) is 13.5.